The Bertz CT molecular complexity index is 1070. The summed E-state index contributed by atoms with van der Waals surface area (Å²) in [7, 11) is 3.19. The van der Waals surface area contributed by atoms with Gasteiger partial charge in [-0.15, -0.1) is 0 Å². The van der Waals surface area contributed by atoms with Crippen molar-refractivity contribution in [2.45, 2.75) is 6.92 Å². The number of carboxylic acid groups (broad SMARTS) is 1. The number of methoxy groups -OCH3 is 1. The minimum Gasteiger partial charge on any atom is -0.492 e. The predicted molar refractivity (Wildman–Crippen MR) is 121 cm³/mol. The quantitative estimate of drug-likeness (QED) is 0.585. The summed E-state index contributed by atoms with van der Waals surface area (Å²) >= 11 is 4.69. The van der Waals surface area contributed by atoms with E-state index >= 15 is 0 Å². The zero-order valence-corrected chi connectivity index (χ0v) is 18.9. The van der Waals surface area contributed by atoms with Crippen molar-refractivity contribution in [3.8, 4) is 11.5 Å². The summed E-state index contributed by atoms with van der Waals surface area (Å²) in [6, 6.07) is 9.91. The highest BCUT2D eigenvalue weighted by Gasteiger charge is 2.30. The number of ether oxygens (including phenoxy) is 2. The zero-order chi connectivity index (χ0) is 21.8. The van der Waals surface area contributed by atoms with Crippen molar-refractivity contribution < 1.29 is 24.2 Å². The molecule has 1 N–H and O–H groups in total. The summed E-state index contributed by atoms with van der Waals surface area (Å²) in [5.74, 6) is -0.0687. The molecule has 1 heterocycles. The number of hydrogen-bond donors (Lipinski definition) is 1. The van der Waals surface area contributed by atoms with Crippen LogP contribution in [0.4, 0.5) is 5.69 Å². The van der Waals surface area contributed by atoms with E-state index in [1.54, 1.807) is 38.4 Å². The molecule has 1 aliphatic rings. The van der Waals surface area contributed by atoms with Crippen LogP contribution in [0.25, 0.3) is 6.08 Å². The minimum atomic E-state index is -1.03. The number of aromatic carboxylic acids is 1. The van der Waals surface area contributed by atoms with Crippen LogP contribution in [0.1, 0.15) is 22.8 Å². The molecule has 30 heavy (non-hydrogen) atoms. The molecule has 7 nitrogen and oxygen atoms in total. The van der Waals surface area contributed by atoms with Gasteiger partial charge < -0.3 is 14.6 Å². The Labute approximate surface area is 186 Å². The number of aliphatic imine (C=N–C) groups is 1. The summed E-state index contributed by atoms with van der Waals surface area (Å²) < 4.78 is 11.7. The summed E-state index contributed by atoms with van der Waals surface area (Å²) in [6.07, 6.45) is 1.76. The lowest BCUT2D eigenvalue weighted by Crippen LogP contribution is -2.23. The van der Waals surface area contributed by atoms with Gasteiger partial charge in [-0.1, -0.05) is 6.07 Å². The van der Waals surface area contributed by atoms with Crippen molar-refractivity contribution in [3.63, 3.8) is 0 Å². The normalized spacial score (nSPS) is 16.4. The van der Waals surface area contributed by atoms with Gasteiger partial charge in [0.2, 0.25) is 0 Å². The van der Waals surface area contributed by atoms with Crippen LogP contribution >= 0.6 is 27.7 Å². The molecule has 1 fully saturated rings. The maximum atomic E-state index is 12.7. The van der Waals surface area contributed by atoms with Crippen molar-refractivity contribution in [1.82, 2.24) is 4.90 Å². The number of nitrogens with zero attached hydrogens (tertiary/aromatic N) is 2. The third-order valence-corrected chi connectivity index (χ3v) is 5.80. The second-order valence-corrected chi connectivity index (χ2v) is 8.06. The Morgan fingerprint density at radius 3 is 2.77 bits per heavy atom. The highest BCUT2D eigenvalue weighted by molar-refractivity contribution is 9.10. The molecule has 1 aliphatic heterocycles. The molecule has 0 atom stereocenters. The molecule has 0 aliphatic carbocycles. The van der Waals surface area contributed by atoms with Gasteiger partial charge in [-0.25, -0.2) is 9.79 Å². The molecule has 2 aromatic rings. The molecule has 2 aromatic carbocycles. The Hall–Kier alpha value is -2.78. The molecule has 0 spiro atoms. The van der Waals surface area contributed by atoms with Crippen LogP contribution in [0.2, 0.25) is 0 Å². The lowest BCUT2D eigenvalue weighted by molar-refractivity contribution is -0.121. The van der Waals surface area contributed by atoms with E-state index in [-0.39, 0.29) is 11.5 Å². The summed E-state index contributed by atoms with van der Waals surface area (Å²) in [5, 5.41) is 9.60. The topological polar surface area (TPSA) is 88.4 Å². The first-order valence-electron chi connectivity index (χ1n) is 8.94. The Kier molecular flexibility index (Phi) is 6.84. The first kappa shape index (κ1) is 21.9. The third-order valence-electron chi connectivity index (χ3n) is 4.16. The Morgan fingerprint density at radius 2 is 2.10 bits per heavy atom. The van der Waals surface area contributed by atoms with Gasteiger partial charge in [-0.2, -0.15) is 0 Å². The average molecular weight is 491 g/mol. The van der Waals surface area contributed by atoms with Gasteiger partial charge in [0.05, 0.1) is 34.3 Å². The van der Waals surface area contributed by atoms with Crippen LogP contribution < -0.4 is 9.47 Å². The average Bonchev–Trinajstić information content (AvgIpc) is 2.96. The number of rotatable bonds is 6. The SMILES string of the molecule is CCOc1cc(C=C2SC(=Nc3cccc(C(=O)O)c3)N(C)C2=O)cc(Br)c1OC. The third kappa shape index (κ3) is 4.68. The first-order valence-corrected chi connectivity index (χ1v) is 10.5. The molecule has 0 saturated carbocycles. The largest absolute Gasteiger partial charge is 0.492 e. The molecule has 9 heteroatoms. The van der Waals surface area contributed by atoms with Crippen molar-refractivity contribution in [3.05, 3.63) is 56.9 Å². The number of amides is 1. The highest BCUT2D eigenvalue weighted by Crippen LogP contribution is 2.39. The number of benzene rings is 2. The van der Waals surface area contributed by atoms with E-state index in [2.05, 4.69) is 20.9 Å². The minimum absolute atomic E-state index is 0.135. The van der Waals surface area contributed by atoms with Gasteiger partial charge in [0.25, 0.3) is 5.91 Å². The van der Waals surface area contributed by atoms with Crippen LogP contribution in [0.3, 0.4) is 0 Å². The van der Waals surface area contributed by atoms with Crippen molar-refractivity contribution in [2.75, 3.05) is 20.8 Å². The van der Waals surface area contributed by atoms with E-state index in [1.165, 1.54) is 28.8 Å². The highest BCUT2D eigenvalue weighted by atomic mass is 79.9. The maximum absolute atomic E-state index is 12.7. The number of carbonyl (C=O) groups excluding carboxylic acids is 1. The van der Waals surface area contributed by atoms with Crippen molar-refractivity contribution in [1.29, 1.82) is 0 Å². The van der Waals surface area contributed by atoms with Gasteiger partial charge in [0.15, 0.2) is 16.7 Å². The summed E-state index contributed by atoms with van der Waals surface area (Å²) in [6.45, 7) is 2.36. The molecule has 1 saturated heterocycles. The van der Waals surface area contributed by atoms with E-state index < -0.39 is 5.97 Å². The lowest BCUT2D eigenvalue weighted by Gasteiger charge is -2.12. The second kappa shape index (κ2) is 9.36. The molecule has 1 amide bonds. The fourth-order valence-corrected chi connectivity index (χ4v) is 4.36. The summed E-state index contributed by atoms with van der Waals surface area (Å²) in [4.78, 5) is 30.2. The number of likely N-dealkylation sites (N-methyl/N-ethyl adjacent to an activating group) is 1. The first-order chi connectivity index (χ1) is 14.3. The zero-order valence-electron chi connectivity index (χ0n) is 16.5. The number of halogens is 1. The predicted octanol–water partition coefficient (Wildman–Crippen LogP) is 4.79. The fraction of sp³-hybridized carbons (Fsp3) is 0.190. The van der Waals surface area contributed by atoms with Gasteiger partial charge in [-0.05, 0) is 76.6 Å². The molecular formula is C21H19BrN2O5S. The van der Waals surface area contributed by atoms with E-state index in [1.807, 2.05) is 13.0 Å². The van der Waals surface area contributed by atoms with Crippen molar-refractivity contribution >= 4 is 56.5 Å². The van der Waals surface area contributed by atoms with E-state index in [4.69, 9.17) is 14.6 Å². The van der Waals surface area contributed by atoms with E-state index in [0.717, 1.165) is 5.56 Å². The number of hydrogen-bond acceptors (Lipinski definition) is 6. The van der Waals surface area contributed by atoms with E-state index in [9.17, 15) is 9.59 Å². The maximum Gasteiger partial charge on any atom is 0.335 e. The Balaban J connectivity index is 1.93. The van der Waals surface area contributed by atoms with Gasteiger partial charge in [-0.3, -0.25) is 9.69 Å². The van der Waals surface area contributed by atoms with Crippen molar-refractivity contribution in [2.24, 2.45) is 4.99 Å². The molecule has 0 radical (unpaired) electrons. The van der Waals surface area contributed by atoms with Crippen LogP contribution in [0.5, 0.6) is 11.5 Å². The number of thioether (sulfide) groups is 1. The fourth-order valence-electron chi connectivity index (χ4n) is 2.75. The number of carbonyl (C=O) groups is 2. The lowest BCUT2D eigenvalue weighted by atomic mass is 10.2. The Morgan fingerprint density at radius 1 is 1.33 bits per heavy atom. The van der Waals surface area contributed by atoms with Crippen LogP contribution in [0, 0.1) is 0 Å². The van der Waals surface area contributed by atoms with Crippen LogP contribution in [0.15, 0.2) is 50.8 Å². The van der Waals surface area contributed by atoms with Gasteiger partial charge in [0, 0.05) is 7.05 Å². The standard InChI is InChI=1S/C21H19BrN2O5S/c1-4-29-16-9-12(8-15(22)18(16)28-3)10-17-19(25)24(2)21(30-17)23-14-7-5-6-13(11-14)20(26)27/h5-11H,4H2,1-3H3,(H,26,27). The molecule has 0 bridgehead atoms. The molecule has 0 unspecified atom stereocenters. The van der Waals surface area contributed by atoms with Gasteiger partial charge in [0.1, 0.15) is 0 Å². The number of amidine groups is 1. The van der Waals surface area contributed by atoms with Gasteiger partial charge >= 0.3 is 5.97 Å². The molecule has 156 valence electrons. The second-order valence-electron chi connectivity index (χ2n) is 6.19. The molecular weight excluding hydrogens is 472 g/mol. The molecule has 3 rings (SSSR count). The monoisotopic (exact) mass is 490 g/mol. The van der Waals surface area contributed by atoms with Crippen LogP contribution in [-0.4, -0.2) is 47.8 Å². The molecule has 0 aromatic heterocycles. The number of carboxylic acids is 1. The van der Waals surface area contributed by atoms with Crippen LogP contribution in [-0.2, 0) is 4.79 Å². The smallest absolute Gasteiger partial charge is 0.335 e. The van der Waals surface area contributed by atoms with E-state index in [0.29, 0.717) is 38.3 Å². The summed E-state index contributed by atoms with van der Waals surface area (Å²) in [5.41, 5.74) is 1.37.